The van der Waals surface area contributed by atoms with Crippen molar-refractivity contribution in [2.24, 2.45) is 17.8 Å². The number of ether oxygens (including phenoxy) is 3. The van der Waals surface area contributed by atoms with Gasteiger partial charge in [0.05, 0.1) is 41.8 Å². The topological polar surface area (TPSA) is 123 Å². The molecule has 0 unspecified atom stereocenters. The molecule has 2 fully saturated rings. The Morgan fingerprint density at radius 1 is 1.07 bits per heavy atom. The van der Waals surface area contributed by atoms with E-state index in [4.69, 9.17) is 19.3 Å². The van der Waals surface area contributed by atoms with Crippen LogP contribution in [0.2, 0.25) is 0 Å². The summed E-state index contributed by atoms with van der Waals surface area (Å²) in [6.07, 6.45) is 5.66. The number of aromatic hydroxyl groups is 1. The van der Waals surface area contributed by atoms with Gasteiger partial charge in [0.1, 0.15) is 0 Å². The minimum Gasteiger partial charge on any atom is -0.504 e. The van der Waals surface area contributed by atoms with E-state index in [2.05, 4.69) is 40.8 Å². The number of methoxy groups -OCH3 is 2. The van der Waals surface area contributed by atoms with Crippen LogP contribution in [-0.4, -0.2) is 73.0 Å². The van der Waals surface area contributed by atoms with Gasteiger partial charge in [0.15, 0.2) is 11.5 Å². The first-order chi connectivity index (χ1) is 21.7. The van der Waals surface area contributed by atoms with E-state index in [0.29, 0.717) is 67.6 Å². The number of allylic oxidation sites excluding steroid dienone is 1. The van der Waals surface area contributed by atoms with Crippen molar-refractivity contribution in [1.29, 1.82) is 0 Å². The van der Waals surface area contributed by atoms with E-state index < -0.39 is 17.8 Å². The molecule has 0 aromatic heterocycles. The van der Waals surface area contributed by atoms with Crippen molar-refractivity contribution in [3.63, 3.8) is 0 Å². The molecule has 1 aliphatic carbocycles. The van der Waals surface area contributed by atoms with Gasteiger partial charge >= 0.3 is 5.97 Å². The summed E-state index contributed by atoms with van der Waals surface area (Å²) >= 11 is 2.10. The summed E-state index contributed by atoms with van der Waals surface area (Å²) in [4.78, 5) is 39.3. The summed E-state index contributed by atoms with van der Waals surface area (Å²) in [6.45, 7) is 1.10. The Morgan fingerprint density at radius 3 is 2.56 bits per heavy atom. The smallest absolute Gasteiger partial charge is 0.303 e. The molecule has 2 heterocycles. The van der Waals surface area contributed by atoms with Gasteiger partial charge < -0.3 is 24.4 Å². The van der Waals surface area contributed by atoms with Crippen molar-refractivity contribution in [3.05, 3.63) is 68.3 Å². The highest BCUT2D eigenvalue weighted by atomic mass is 127. The average Bonchev–Trinajstić information content (AvgIpc) is 3.55. The molecule has 2 aromatic carbocycles. The number of likely N-dealkylation sites (tertiary alicyclic amines) is 1. The lowest BCUT2D eigenvalue weighted by Gasteiger charge is -2.31. The molecule has 2 saturated heterocycles. The number of rotatable bonds is 14. The molecule has 2 N–H and O–H groups in total. The summed E-state index contributed by atoms with van der Waals surface area (Å²) in [5.74, 6) is -1.58. The third-order valence-corrected chi connectivity index (χ3v) is 9.94. The van der Waals surface area contributed by atoms with E-state index in [1.807, 2.05) is 30.3 Å². The van der Waals surface area contributed by atoms with Crippen LogP contribution >= 0.6 is 22.6 Å². The van der Waals surface area contributed by atoms with Crippen molar-refractivity contribution >= 4 is 52.0 Å². The Hall–Kier alpha value is -3.22. The number of aliphatic carboxylic acids is 1. The summed E-state index contributed by atoms with van der Waals surface area (Å²) in [6, 6.07) is 13.9. The fourth-order valence-corrected chi connectivity index (χ4v) is 7.69. The van der Waals surface area contributed by atoms with Crippen LogP contribution in [0.25, 0.3) is 11.6 Å². The van der Waals surface area contributed by atoms with Crippen LogP contribution in [0, 0.1) is 21.3 Å². The molecule has 5 rings (SSSR count). The number of amides is 2. The first-order valence-corrected chi connectivity index (χ1v) is 16.5. The van der Waals surface area contributed by atoms with E-state index in [-0.39, 0.29) is 36.0 Å². The maximum absolute atomic E-state index is 13.7. The molecule has 45 heavy (non-hydrogen) atoms. The Labute approximate surface area is 277 Å². The third kappa shape index (κ3) is 7.28. The molecule has 2 aliphatic heterocycles. The highest BCUT2D eigenvalue weighted by molar-refractivity contribution is 14.1. The van der Waals surface area contributed by atoms with Gasteiger partial charge in [-0.05, 0) is 94.7 Å². The van der Waals surface area contributed by atoms with Crippen molar-refractivity contribution in [3.8, 4) is 11.5 Å². The molecule has 2 amide bonds. The van der Waals surface area contributed by atoms with E-state index in [9.17, 15) is 19.5 Å². The SMILES string of the molecule is COCC1=C2[C@@H](CC/C(=C/c3cc(I)c(O)c(OC)c3)c3ccccc3)OC[C@@H]2[C@@H]2C(=O)N(CCCCCC(=O)O)C(=O)[C@@H]2C1. The van der Waals surface area contributed by atoms with Gasteiger partial charge in [-0.1, -0.05) is 42.8 Å². The molecule has 4 atom stereocenters. The molecule has 240 valence electrons. The van der Waals surface area contributed by atoms with E-state index in [1.165, 1.54) is 12.0 Å². The zero-order valence-electron chi connectivity index (χ0n) is 25.7. The fourth-order valence-electron chi connectivity index (χ4n) is 7.06. The summed E-state index contributed by atoms with van der Waals surface area (Å²) in [5, 5.41) is 19.2. The van der Waals surface area contributed by atoms with Crippen molar-refractivity contribution < 1.29 is 38.8 Å². The van der Waals surface area contributed by atoms with Crippen LogP contribution in [0.5, 0.6) is 11.5 Å². The van der Waals surface area contributed by atoms with Gasteiger partial charge in [-0.25, -0.2) is 0 Å². The van der Waals surface area contributed by atoms with Gasteiger partial charge in [-0.2, -0.15) is 0 Å². The van der Waals surface area contributed by atoms with E-state index in [0.717, 1.165) is 27.8 Å². The molecule has 0 saturated carbocycles. The molecule has 2 aromatic rings. The molecule has 0 bridgehead atoms. The second-order valence-electron chi connectivity index (χ2n) is 11.9. The maximum Gasteiger partial charge on any atom is 0.303 e. The average molecular weight is 730 g/mol. The van der Waals surface area contributed by atoms with Gasteiger partial charge in [0.25, 0.3) is 0 Å². The molecular formula is C35H40INO8. The van der Waals surface area contributed by atoms with Gasteiger partial charge in [0, 0.05) is 26.0 Å². The lowest BCUT2D eigenvalue weighted by Crippen LogP contribution is -2.35. The second-order valence-corrected chi connectivity index (χ2v) is 13.1. The highest BCUT2D eigenvalue weighted by Gasteiger charge is 2.56. The van der Waals surface area contributed by atoms with Gasteiger partial charge in [0.2, 0.25) is 11.8 Å². The number of hydrogen-bond acceptors (Lipinski definition) is 7. The largest absolute Gasteiger partial charge is 0.504 e. The van der Waals surface area contributed by atoms with Crippen molar-refractivity contribution in [2.45, 2.75) is 51.0 Å². The number of phenols is 1. The number of carboxylic acids is 1. The number of hydrogen-bond donors (Lipinski definition) is 2. The summed E-state index contributed by atoms with van der Waals surface area (Å²) in [5.41, 5.74) is 5.26. The predicted octanol–water partition coefficient (Wildman–Crippen LogP) is 5.93. The number of carbonyl (C=O) groups excluding carboxylic acids is 2. The molecule has 10 heteroatoms. The van der Waals surface area contributed by atoms with Crippen LogP contribution in [-0.2, 0) is 23.9 Å². The third-order valence-electron chi connectivity index (χ3n) is 9.12. The number of nitrogens with zero attached hydrogens (tertiary/aromatic N) is 1. The zero-order valence-corrected chi connectivity index (χ0v) is 27.8. The van der Waals surface area contributed by atoms with Crippen LogP contribution in [0.3, 0.4) is 0 Å². The number of unbranched alkanes of at least 4 members (excludes halogenated alkanes) is 2. The maximum atomic E-state index is 13.7. The van der Waals surface area contributed by atoms with Crippen LogP contribution in [0.15, 0.2) is 53.6 Å². The van der Waals surface area contributed by atoms with Gasteiger partial charge in [-0.15, -0.1) is 0 Å². The van der Waals surface area contributed by atoms with Crippen LogP contribution in [0.4, 0.5) is 0 Å². The van der Waals surface area contributed by atoms with E-state index >= 15 is 0 Å². The van der Waals surface area contributed by atoms with Crippen LogP contribution < -0.4 is 4.74 Å². The van der Waals surface area contributed by atoms with E-state index in [1.54, 1.807) is 7.11 Å². The normalized spacial score (nSPS) is 23.0. The number of carboxylic acid groups (broad SMARTS) is 1. The number of halogens is 1. The van der Waals surface area contributed by atoms with Gasteiger partial charge in [-0.3, -0.25) is 19.3 Å². The van der Waals surface area contributed by atoms with Crippen molar-refractivity contribution in [2.75, 3.05) is 34.0 Å². The lowest BCUT2D eigenvalue weighted by atomic mass is 9.69. The Bertz CT molecular complexity index is 1490. The predicted molar refractivity (Wildman–Crippen MR) is 177 cm³/mol. The zero-order chi connectivity index (χ0) is 32.1. The monoisotopic (exact) mass is 729 g/mol. The molecule has 9 nitrogen and oxygen atoms in total. The number of carbonyl (C=O) groups is 3. The first-order valence-electron chi connectivity index (χ1n) is 15.4. The fraction of sp³-hybridized carbons (Fsp3) is 0.457. The molecule has 0 radical (unpaired) electrons. The standard InChI is InChI=1S/C35H40INO8/c1-43-19-24-18-25-32(35(42)37(34(25)41)14-8-4-7-11-30(38)39)26-20-45-28(31(24)26)13-12-23(22-9-5-3-6-10-22)15-21-16-27(36)33(40)29(17-21)44-2/h3,5-6,9-10,15-17,25-26,28,32,40H,4,7-8,11-14,18-20H2,1-2H3,(H,38,39)/b23-15-/t25-,26+,28-,32-/m1/s1. The number of phenolic OH excluding ortho intramolecular Hbond substituents is 1. The van der Waals surface area contributed by atoms with Crippen LogP contribution in [0.1, 0.15) is 56.1 Å². The summed E-state index contributed by atoms with van der Waals surface area (Å²) < 4.78 is 18.1. The Kier molecular flexibility index (Phi) is 11.0. The highest BCUT2D eigenvalue weighted by Crippen LogP contribution is 2.50. The minimum absolute atomic E-state index is 0.0885. The Balaban J connectivity index is 1.36. The molecular weight excluding hydrogens is 689 g/mol. The first kappa shape index (κ1) is 33.2. The quantitative estimate of drug-likeness (QED) is 0.0807. The number of imide groups is 1. The lowest BCUT2D eigenvalue weighted by molar-refractivity contribution is -0.141. The van der Waals surface area contributed by atoms with Crippen molar-refractivity contribution in [1.82, 2.24) is 4.90 Å². The number of fused-ring (bicyclic) bond motifs is 3. The number of benzene rings is 2. The molecule has 0 spiro atoms. The second kappa shape index (κ2) is 14.9. The minimum atomic E-state index is -0.837. The summed E-state index contributed by atoms with van der Waals surface area (Å²) in [7, 11) is 3.18. The Morgan fingerprint density at radius 2 is 1.84 bits per heavy atom. The molecule has 3 aliphatic rings.